The minimum Gasteiger partial charge on any atom is -0.467 e. The van der Waals surface area contributed by atoms with Gasteiger partial charge in [0.05, 0.1) is 29.6 Å². The Hall–Kier alpha value is -1.40. The van der Waals surface area contributed by atoms with Gasteiger partial charge in [0.25, 0.3) is 5.56 Å². The van der Waals surface area contributed by atoms with Crippen LogP contribution in [0.3, 0.4) is 0 Å². The number of nitrogens with zero attached hydrogens (tertiary/aromatic N) is 2. The number of halogens is 3. The van der Waals surface area contributed by atoms with Crippen LogP contribution in [0.15, 0.2) is 58.3 Å². The van der Waals surface area contributed by atoms with Crippen molar-refractivity contribution in [1.29, 1.82) is 0 Å². The normalized spacial score (nSPS) is 13.3. The number of thioether (sulfide) groups is 1. The number of fused-ring (bicyclic) bond motifs is 3. The van der Waals surface area contributed by atoms with E-state index >= 15 is 0 Å². The number of rotatable bonds is 6. The second kappa shape index (κ2) is 10.3. The second-order valence-electron chi connectivity index (χ2n) is 7.84. The van der Waals surface area contributed by atoms with E-state index in [-0.39, 0.29) is 23.8 Å². The van der Waals surface area contributed by atoms with E-state index in [0.29, 0.717) is 16.6 Å². The SMILES string of the molecule is O=C(CSc1nc2sc3c(c2c(=O)n1Cc1ccco1)CCCC3)Nc1c(Br)cc(Br)cc1Br. The maximum absolute atomic E-state index is 13.6. The highest BCUT2D eigenvalue weighted by molar-refractivity contribution is 9.11. The van der Waals surface area contributed by atoms with Crippen molar-refractivity contribution in [1.82, 2.24) is 9.55 Å². The lowest BCUT2D eigenvalue weighted by atomic mass is 9.97. The molecule has 0 bridgehead atoms. The van der Waals surface area contributed by atoms with Crippen molar-refractivity contribution in [2.24, 2.45) is 0 Å². The summed E-state index contributed by atoms with van der Waals surface area (Å²) in [7, 11) is 0. The van der Waals surface area contributed by atoms with Crippen LogP contribution >= 0.6 is 70.9 Å². The predicted octanol–water partition coefficient (Wildman–Crippen LogP) is 7.00. The lowest BCUT2D eigenvalue weighted by molar-refractivity contribution is -0.113. The van der Waals surface area contributed by atoms with Gasteiger partial charge in [-0.2, -0.15) is 0 Å². The fourth-order valence-electron chi connectivity index (χ4n) is 4.00. The van der Waals surface area contributed by atoms with E-state index in [9.17, 15) is 9.59 Å². The molecular weight excluding hydrogens is 670 g/mol. The zero-order valence-electron chi connectivity index (χ0n) is 17.7. The van der Waals surface area contributed by atoms with E-state index < -0.39 is 0 Å². The molecule has 176 valence electrons. The summed E-state index contributed by atoms with van der Waals surface area (Å²) in [5.41, 5.74) is 1.73. The van der Waals surface area contributed by atoms with Gasteiger partial charge < -0.3 is 9.73 Å². The smallest absolute Gasteiger partial charge is 0.263 e. The van der Waals surface area contributed by atoms with E-state index in [1.54, 1.807) is 28.2 Å². The molecule has 0 radical (unpaired) electrons. The van der Waals surface area contributed by atoms with E-state index in [2.05, 4.69) is 53.1 Å². The van der Waals surface area contributed by atoms with Crippen LogP contribution in [0.1, 0.15) is 29.0 Å². The van der Waals surface area contributed by atoms with Crippen molar-refractivity contribution in [2.45, 2.75) is 37.4 Å². The molecule has 1 aliphatic carbocycles. The minimum atomic E-state index is -0.196. The molecule has 3 aromatic heterocycles. The molecule has 0 saturated heterocycles. The van der Waals surface area contributed by atoms with Crippen molar-refractivity contribution < 1.29 is 9.21 Å². The summed E-state index contributed by atoms with van der Waals surface area (Å²) in [6.45, 7) is 0.271. The van der Waals surface area contributed by atoms with Gasteiger partial charge in [0.15, 0.2) is 5.16 Å². The van der Waals surface area contributed by atoms with Crippen LogP contribution in [0.5, 0.6) is 0 Å². The third-order valence-corrected chi connectivity index (χ3v) is 9.41. The Kier molecular flexibility index (Phi) is 7.36. The molecule has 0 atom stereocenters. The molecule has 5 rings (SSSR count). The molecule has 1 aromatic carbocycles. The number of hydrogen-bond donors (Lipinski definition) is 1. The first kappa shape index (κ1) is 24.3. The Balaban J connectivity index is 1.46. The van der Waals surface area contributed by atoms with Gasteiger partial charge in [-0.25, -0.2) is 4.98 Å². The molecule has 6 nitrogen and oxygen atoms in total. The van der Waals surface area contributed by atoms with E-state index in [4.69, 9.17) is 9.40 Å². The van der Waals surface area contributed by atoms with E-state index in [0.717, 1.165) is 54.9 Å². The Morgan fingerprint density at radius 2 is 1.97 bits per heavy atom. The zero-order valence-corrected chi connectivity index (χ0v) is 24.1. The Morgan fingerprint density at radius 1 is 1.21 bits per heavy atom. The highest BCUT2D eigenvalue weighted by Crippen LogP contribution is 2.36. The highest BCUT2D eigenvalue weighted by atomic mass is 79.9. The molecule has 1 amide bonds. The zero-order chi connectivity index (χ0) is 23.8. The van der Waals surface area contributed by atoms with Gasteiger partial charge in [-0.3, -0.25) is 14.2 Å². The fraction of sp³-hybridized carbons (Fsp3) is 0.261. The third-order valence-electron chi connectivity index (χ3n) is 5.54. The van der Waals surface area contributed by atoms with Crippen LogP contribution in [0.4, 0.5) is 5.69 Å². The molecule has 1 N–H and O–H groups in total. The first-order valence-electron chi connectivity index (χ1n) is 10.6. The van der Waals surface area contributed by atoms with Gasteiger partial charge in [-0.1, -0.05) is 27.7 Å². The van der Waals surface area contributed by atoms with Crippen molar-refractivity contribution in [3.8, 4) is 0 Å². The fourth-order valence-corrected chi connectivity index (χ4v) is 8.55. The number of aromatic nitrogens is 2. The average molecular weight is 688 g/mol. The number of furan rings is 1. The summed E-state index contributed by atoms with van der Waals surface area (Å²) in [5, 5.41) is 4.16. The lowest BCUT2D eigenvalue weighted by Crippen LogP contribution is -2.25. The Morgan fingerprint density at radius 3 is 2.71 bits per heavy atom. The van der Waals surface area contributed by atoms with Crippen LogP contribution < -0.4 is 10.9 Å². The van der Waals surface area contributed by atoms with Crippen LogP contribution in [0.2, 0.25) is 0 Å². The average Bonchev–Trinajstić information content (AvgIpc) is 3.44. The Bertz CT molecular complexity index is 1420. The lowest BCUT2D eigenvalue weighted by Gasteiger charge is -2.13. The molecule has 0 aliphatic heterocycles. The number of thiophene rings is 1. The standard InChI is InChI=1S/C23H18Br3N3O3S2/c24-12-8-15(25)20(16(26)9-12)27-18(30)11-33-23-28-21-19(14-5-1-2-6-17(14)34-21)22(31)29(23)10-13-4-3-7-32-13/h3-4,7-9H,1-2,5-6,10-11H2,(H,27,30). The number of anilines is 1. The van der Waals surface area contributed by atoms with Crippen LogP contribution in [0, 0.1) is 0 Å². The monoisotopic (exact) mass is 685 g/mol. The number of hydrogen-bond acceptors (Lipinski definition) is 6. The molecule has 0 unspecified atom stereocenters. The van der Waals surface area contributed by atoms with Crippen molar-refractivity contribution in [2.75, 3.05) is 11.1 Å². The van der Waals surface area contributed by atoms with Crippen LogP contribution in [-0.4, -0.2) is 21.2 Å². The van der Waals surface area contributed by atoms with Crippen molar-refractivity contribution in [3.05, 3.63) is 70.5 Å². The van der Waals surface area contributed by atoms with Gasteiger partial charge >= 0.3 is 0 Å². The largest absolute Gasteiger partial charge is 0.467 e. The summed E-state index contributed by atoms with van der Waals surface area (Å²) < 4.78 is 9.53. The first-order chi connectivity index (χ1) is 16.4. The van der Waals surface area contributed by atoms with Gasteiger partial charge in [0, 0.05) is 18.3 Å². The molecule has 4 aromatic rings. The summed E-state index contributed by atoms with van der Waals surface area (Å²) >= 11 is 13.3. The number of carbonyl (C=O) groups excluding carboxylic acids is 1. The highest BCUT2D eigenvalue weighted by Gasteiger charge is 2.23. The summed E-state index contributed by atoms with van der Waals surface area (Å²) in [5.74, 6) is 0.579. The maximum atomic E-state index is 13.6. The predicted molar refractivity (Wildman–Crippen MR) is 147 cm³/mol. The third kappa shape index (κ3) is 4.95. The van der Waals surface area contributed by atoms with Gasteiger partial charge in [-0.05, 0) is 87.4 Å². The molecule has 11 heteroatoms. The van der Waals surface area contributed by atoms with E-state index in [1.165, 1.54) is 16.6 Å². The molecule has 34 heavy (non-hydrogen) atoms. The van der Waals surface area contributed by atoms with Gasteiger partial charge in [-0.15, -0.1) is 11.3 Å². The minimum absolute atomic E-state index is 0.0675. The molecule has 0 spiro atoms. The second-order valence-corrected chi connectivity index (χ2v) is 12.5. The number of amides is 1. The number of carbonyl (C=O) groups is 1. The van der Waals surface area contributed by atoms with Crippen molar-refractivity contribution in [3.63, 3.8) is 0 Å². The van der Waals surface area contributed by atoms with Crippen LogP contribution in [-0.2, 0) is 24.2 Å². The summed E-state index contributed by atoms with van der Waals surface area (Å²) in [4.78, 5) is 33.3. The molecule has 1 aliphatic rings. The van der Waals surface area contributed by atoms with Gasteiger partial charge in [0.1, 0.15) is 10.6 Å². The summed E-state index contributed by atoms with van der Waals surface area (Å²) in [6, 6.07) is 7.36. The van der Waals surface area contributed by atoms with Crippen molar-refractivity contribution >= 4 is 92.7 Å². The molecular formula is C23H18Br3N3O3S2. The maximum Gasteiger partial charge on any atom is 0.263 e. The quantitative estimate of drug-likeness (QED) is 0.175. The molecule has 0 fully saturated rings. The van der Waals surface area contributed by atoms with E-state index in [1.807, 2.05) is 18.2 Å². The number of benzene rings is 1. The number of nitrogens with one attached hydrogen (secondary N) is 1. The summed E-state index contributed by atoms with van der Waals surface area (Å²) in [6.07, 6.45) is 5.74. The number of aryl methyl sites for hydroxylation is 2. The molecule has 0 saturated carbocycles. The molecule has 3 heterocycles. The van der Waals surface area contributed by atoms with Crippen LogP contribution in [0.25, 0.3) is 10.2 Å². The Labute approximate surface area is 228 Å². The van der Waals surface area contributed by atoms with Gasteiger partial charge in [0.2, 0.25) is 5.91 Å². The first-order valence-corrected chi connectivity index (χ1v) is 14.7. The topological polar surface area (TPSA) is 77.1 Å².